The normalized spacial score (nSPS) is 12.4. The largest absolute Gasteiger partial charge is 0.319 e. The van der Waals surface area contributed by atoms with Gasteiger partial charge in [0.15, 0.2) is 0 Å². The van der Waals surface area contributed by atoms with Crippen LogP contribution in [0.25, 0.3) is 0 Å². The van der Waals surface area contributed by atoms with Gasteiger partial charge in [0.05, 0.1) is 0 Å². The van der Waals surface area contributed by atoms with E-state index in [0.717, 1.165) is 33.6 Å². The Labute approximate surface area is 138 Å². The minimum atomic E-state index is -0.138. The lowest BCUT2D eigenvalue weighted by atomic mass is 9.92. The Morgan fingerprint density at radius 3 is 2.52 bits per heavy atom. The molecule has 0 amide bonds. The van der Waals surface area contributed by atoms with E-state index in [1.165, 1.54) is 6.07 Å². The average Bonchev–Trinajstić information content (AvgIpc) is 2.44. The van der Waals surface area contributed by atoms with E-state index in [-0.39, 0.29) is 5.82 Å². The van der Waals surface area contributed by atoms with Gasteiger partial charge < -0.3 is 5.32 Å². The predicted octanol–water partition coefficient (Wildman–Crippen LogP) is 4.86. The SMILES string of the molecule is CNCC(Cc1ccccc1F)Cc1ccc(Br)cc1Cl. The molecule has 0 aliphatic rings. The summed E-state index contributed by atoms with van der Waals surface area (Å²) in [6.07, 6.45) is 1.52. The Hall–Kier alpha value is -0.900. The van der Waals surface area contributed by atoms with Gasteiger partial charge in [0.25, 0.3) is 0 Å². The highest BCUT2D eigenvalue weighted by atomic mass is 79.9. The fourth-order valence-corrected chi connectivity index (χ4v) is 3.23. The molecule has 1 unspecified atom stereocenters. The number of rotatable bonds is 6. The van der Waals surface area contributed by atoms with Crippen molar-refractivity contribution in [2.75, 3.05) is 13.6 Å². The lowest BCUT2D eigenvalue weighted by molar-refractivity contribution is 0.480. The standard InChI is InChI=1S/C17H18BrClFN/c1-21-11-12(9-14-4-2-3-5-17(14)20)8-13-6-7-15(18)10-16(13)19/h2-7,10,12,21H,8-9,11H2,1H3. The van der Waals surface area contributed by atoms with Crippen LogP contribution in [0.2, 0.25) is 5.02 Å². The maximum atomic E-state index is 13.8. The minimum absolute atomic E-state index is 0.138. The molecule has 0 saturated carbocycles. The van der Waals surface area contributed by atoms with Crippen LogP contribution in [0.3, 0.4) is 0 Å². The summed E-state index contributed by atoms with van der Waals surface area (Å²) in [5.74, 6) is 0.158. The lowest BCUT2D eigenvalue weighted by Crippen LogP contribution is -2.23. The van der Waals surface area contributed by atoms with Crippen molar-refractivity contribution in [1.29, 1.82) is 0 Å². The van der Waals surface area contributed by atoms with Gasteiger partial charge in [0, 0.05) is 9.50 Å². The average molecular weight is 371 g/mol. The van der Waals surface area contributed by atoms with Gasteiger partial charge in [-0.1, -0.05) is 51.8 Å². The Kier molecular flexibility index (Phi) is 6.22. The second-order valence-electron chi connectivity index (χ2n) is 5.16. The molecule has 2 aromatic rings. The number of hydrogen-bond donors (Lipinski definition) is 1. The summed E-state index contributed by atoms with van der Waals surface area (Å²) in [7, 11) is 1.91. The highest BCUT2D eigenvalue weighted by Crippen LogP contribution is 2.25. The molecular formula is C17H18BrClFN. The topological polar surface area (TPSA) is 12.0 Å². The van der Waals surface area contributed by atoms with Gasteiger partial charge in [0.1, 0.15) is 5.82 Å². The van der Waals surface area contributed by atoms with Gasteiger partial charge in [-0.05, 0) is 61.7 Å². The van der Waals surface area contributed by atoms with E-state index in [9.17, 15) is 4.39 Å². The Morgan fingerprint density at radius 2 is 1.86 bits per heavy atom. The van der Waals surface area contributed by atoms with Crippen LogP contribution < -0.4 is 5.32 Å². The fourth-order valence-electron chi connectivity index (χ4n) is 2.48. The van der Waals surface area contributed by atoms with E-state index in [0.29, 0.717) is 12.3 Å². The molecule has 0 radical (unpaired) electrons. The maximum absolute atomic E-state index is 13.8. The maximum Gasteiger partial charge on any atom is 0.126 e. The first-order chi connectivity index (χ1) is 10.1. The first kappa shape index (κ1) is 16.5. The van der Waals surface area contributed by atoms with E-state index in [4.69, 9.17) is 11.6 Å². The van der Waals surface area contributed by atoms with Gasteiger partial charge in [0.2, 0.25) is 0 Å². The molecule has 0 heterocycles. The van der Waals surface area contributed by atoms with Crippen LogP contribution in [0, 0.1) is 11.7 Å². The molecule has 0 spiro atoms. The van der Waals surface area contributed by atoms with Crippen molar-refractivity contribution in [2.45, 2.75) is 12.8 Å². The van der Waals surface area contributed by atoms with Gasteiger partial charge in [-0.3, -0.25) is 0 Å². The molecule has 1 N–H and O–H groups in total. The molecule has 0 fully saturated rings. The first-order valence-electron chi connectivity index (χ1n) is 6.92. The van der Waals surface area contributed by atoms with Crippen molar-refractivity contribution in [1.82, 2.24) is 5.32 Å². The van der Waals surface area contributed by atoms with Crippen molar-refractivity contribution in [3.63, 3.8) is 0 Å². The van der Waals surface area contributed by atoms with E-state index in [1.54, 1.807) is 6.07 Å². The third kappa shape index (κ3) is 4.80. The second-order valence-corrected chi connectivity index (χ2v) is 6.48. The van der Waals surface area contributed by atoms with E-state index in [2.05, 4.69) is 21.2 Å². The molecule has 0 aliphatic carbocycles. The molecule has 2 aromatic carbocycles. The molecular weight excluding hydrogens is 353 g/mol. The number of hydrogen-bond acceptors (Lipinski definition) is 1. The smallest absolute Gasteiger partial charge is 0.126 e. The van der Waals surface area contributed by atoms with Gasteiger partial charge in [-0.25, -0.2) is 4.39 Å². The van der Waals surface area contributed by atoms with E-state index >= 15 is 0 Å². The molecule has 112 valence electrons. The van der Waals surface area contributed by atoms with Crippen LogP contribution in [0.15, 0.2) is 46.9 Å². The monoisotopic (exact) mass is 369 g/mol. The summed E-state index contributed by atoms with van der Waals surface area (Å²) < 4.78 is 14.8. The molecule has 4 heteroatoms. The van der Waals surface area contributed by atoms with Crippen LogP contribution in [-0.2, 0) is 12.8 Å². The number of nitrogens with one attached hydrogen (secondary N) is 1. The Bertz CT molecular complexity index is 603. The highest BCUT2D eigenvalue weighted by molar-refractivity contribution is 9.10. The molecule has 1 atom stereocenters. The number of benzene rings is 2. The van der Waals surface area contributed by atoms with Crippen molar-refractivity contribution in [3.05, 3.63) is 68.9 Å². The predicted molar refractivity (Wildman–Crippen MR) is 90.4 cm³/mol. The summed E-state index contributed by atoms with van der Waals surface area (Å²) in [4.78, 5) is 0. The molecule has 2 rings (SSSR count). The zero-order valence-corrected chi connectivity index (χ0v) is 14.2. The van der Waals surface area contributed by atoms with Gasteiger partial charge in [-0.15, -0.1) is 0 Å². The molecule has 1 nitrogen and oxygen atoms in total. The summed E-state index contributed by atoms with van der Waals surface area (Å²) in [5, 5.41) is 3.93. The minimum Gasteiger partial charge on any atom is -0.319 e. The van der Waals surface area contributed by atoms with Crippen LogP contribution >= 0.6 is 27.5 Å². The molecule has 0 saturated heterocycles. The summed E-state index contributed by atoms with van der Waals surface area (Å²) in [6, 6.07) is 12.9. The van der Waals surface area contributed by atoms with Crippen molar-refractivity contribution in [2.24, 2.45) is 5.92 Å². The van der Waals surface area contributed by atoms with E-state index in [1.807, 2.05) is 37.4 Å². The Morgan fingerprint density at radius 1 is 1.14 bits per heavy atom. The zero-order chi connectivity index (χ0) is 15.2. The quantitative estimate of drug-likeness (QED) is 0.765. The summed E-state index contributed by atoms with van der Waals surface area (Å²) >= 11 is 9.69. The molecule has 0 bridgehead atoms. The summed E-state index contributed by atoms with van der Waals surface area (Å²) in [6.45, 7) is 0.820. The number of halogens is 3. The van der Waals surface area contributed by atoms with Crippen molar-refractivity contribution in [3.8, 4) is 0 Å². The van der Waals surface area contributed by atoms with Crippen LogP contribution in [0.1, 0.15) is 11.1 Å². The lowest BCUT2D eigenvalue weighted by Gasteiger charge is -2.18. The second kappa shape index (κ2) is 7.92. The molecule has 0 aromatic heterocycles. The molecule has 0 aliphatic heterocycles. The Balaban J connectivity index is 2.14. The third-order valence-electron chi connectivity index (χ3n) is 3.48. The fraction of sp³-hybridized carbons (Fsp3) is 0.294. The zero-order valence-electron chi connectivity index (χ0n) is 11.9. The van der Waals surface area contributed by atoms with Crippen LogP contribution in [0.5, 0.6) is 0 Å². The highest BCUT2D eigenvalue weighted by Gasteiger charge is 2.14. The third-order valence-corrected chi connectivity index (χ3v) is 4.33. The molecule has 21 heavy (non-hydrogen) atoms. The first-order valence-corrected chi connectivity index (χ1v) is 8.09. The van der Waals surface area contributed by atoms with Gasteiger partial charge >= 0.3 is 0 Å². The van der Waals surface area contributed by atoms with Crippen LogP contribution in [-0.4, -0.2) is 13.6 Å². The van der Waals surface area contributed by atoms with Crippen LogP contribution in [0.4, 0.5) is 4.39 Å². The van der Waals surface area contributed by atoms with Crippen molar-refractivity contribution < 1.29 is 4.39 Å². The van der Waals surface area contributed by atoms with Crippen molar-refractivity contribution >= 4 is 27.5 Å². The summed E-state index contributed by atoms with van der Waals surface area (Å²) in [5.41, 5.74) is 1.85. The van der Waals surface area contributed by atoms with Gasteiger partial charge in [-0.2, -0.15) is 0 Å². The van der Waals surface area contributed by atoms with E-state index < -0.39 is 0 Å².